The maximum absolute atomic E-state index is 12.3. The normalized spacial score (nSPS) is 10.2. The lowest BCUT2D eigenvalue weighted by molar-refractivity contribution is 0.0696. The van der Waals surface area contributed by atoms with Crippen molar-refractivity contribution in [1.82, 2.24) is 0 Å². The molecule has 0 spiro atoms. The predicted octanol–water partition coefficient (Wildman–Crippen LogP) is 4.02. The van der Waals surface area contributed by atoms with Crippen molar-refractivity contribution in [2.24, 2.45) is 0 Å². The van der Waals surface area contributed by atoms with Crippen LogP contribution in [0.2, 0.25) is 0 Å². The van der Waals surface area contributed by atoms with Crippen molar-refractivity contribution < 1.29 is 14.7 Å². The molecule has 4 nitrogen and oxygen atoms in total. The van der Waals surface area contributed by atoms with Gasteiger partial charge in [0.15, 0.2) is 0 Å². The molecule has 0 unspecified atom stereocenters. The van der Waals surface area contributed by atoms with Crippen LogP contribution in [0.5, 0.6) is 0 Å². The zero-order valence-electron chi connectivity index (χ0n) is 11.6. The smallest absolute Gasteiger partial charge is 0.335 e. The minimum Gasteiger partial charge on any atom is -0.478 e. The van der Waals surface area contributed by atoms with Crippen LogP contribution in [0.4, 0.5) is 5.69 Å². The van der Waals surface area contributed by atoms with Gasteiger partial charge in [-0.15, -0.1) is 0 Å². The van der Waals surface area contributed by atoms with Gasteiger partial charge in [0.1, 0.15) is 0 Å². The van der Waals surface area contributed by atoms with Gasteiger partial charge in [-0.3, -0.25) is 4.79 Å². The molecule has 0 bridgehead atoms. The fourth-order valence-corrected chi connectivity index (χ4v) is 2.40. The van der Waals surface area contributed by atoms with E-state index in [0.29, 0.717) is 15.7 Å². The van der Waals surface area contributed by atoms with Gasteiger partial charge in [0.05, 0.1) is 11.3 Å². The molecule has 0 aliphatic rings. The van der Waals surface area contributed by atoms with E-state index in [9.17, 15) is 9.59 Å². The summed E-state index contributed by atoms with van der Waals surface area (Å²) in [5.41, 5.74) is 3.18. The van der Waals surface area contributed by atoms with Crippen molar-refractivity contribution in [1.29, 1.82) is 0 Å². The third kappa shape index (κ3) is 3.49. The van der Waals surface area contributed by atoms with Crippen molar-refractivity contribution in [3.8, 4) is 0 Å². The average molecular weight is 348 g/mol. The molecule has 2 N–H and O–H groups in total. The fourth-order valence-electron chi connectivity index (χ4n) is 1.92. The number of hydrogen-bond acceptors (Lipinski definition) is 2. The maximum Gasteiger partial charge on any atom is 0.335 e. The number of carbonyl (C=O) groups excluding carboxylic acids is 1. The van der Waals surface area contributed by atoms with Gasteiger partial charge in [0, 0.05) is 10.0 Å². The Labute approximate surface area is 130 Å². The minimum absolute atomic E-state index is 0.159. The van der Waals surface area contributed by atoms with Crippen molar-refractivity contribution >= 4 is 33.5 Å². The summed E-state index contributed by atoms with van der Waals surface area (Å²) in [6.07, 6.45) is 0. The van der Waals surface area contributed by atoms with E-state index in [-0.39, 0.29) is 11.5 Å². The molecule has 0 heterocycles. The summed E-state index contributed by atoms with van der Waals surface area (Å²) in [5, 5.41) is 11.7. The number of benzene rings is 2. The number of amides is 1. The zero-order valence-corrected chi connectivity index (χ0v) is 13.2. The Bertz CT molecular complexity index is 725. The number of aryl methyl sites for hydroxylation is 2. The van der Waals surface area contributed by atoms with Crippen LogP contribution in [0.15, 0.2) is 40.9 Å². The monoisotopic (exact) mass is 347 g/mol. The number of aromatic carboxylic acids is 1. The second kappa shape index (κ2) is 6.10. The molecular weight excluding hydrogens is 334 g/mol. The third-order valence-corrected chi connectivity index (χ3v) is 3.76. The topological polar surface area (TPSA) is 66.4 Å². The quantitative estimate of drug-likeness (QED) is 0.881. The number of halogens is 1. The van der Waals surface area contributed by atoms with E-state index in [1.165, 1.54) is 12.1 Å². The lowest BCUT2D eigenvalue weighted by atomic mass is 10.0. The Morgan fingerprint density at radius 3 is 2.43 bits per heavy atom. The number of nitrogens with one attached hydrogen (secondary N) is 1. The fraction of sp³-hybridized carbons (Fsp3) is 0.125. The van der Waals surface area contributed by atoms with Gasteiger partial charge in [-0.1, -0.05) is 17.7 Å². The van der Waals surface area contributed by atoms with Gasteiger partial charge in [-0.05, 0) is 59.6 Å². The first-order valence-corrected chi connectivity index (χ1v) is 7.09. The van der Waals surface area contributed by atoms with Crippen LogP contribution in [0.3, 0.4) is 0 Å². The highest BCUT2D eigenvalue weighted by molar-refractivity contribution is 9.10. The average Bonchev–Trinajstić information content (AvgIpc) is 2.43. The van der Waals surface area contributed by atoms with E-state index in [0.717, 1.165) is 11.1 Å². The predicted molar refractivity (Wildman–Crippen MR) is 85.0 cm³/mol. The number of hydrogen-bond donors (Lipinski definition) is 2. The van der Waals surface area contributed by atoms with Gasteiger partial charge < -0.3 is 10.4 Å². The molecule has 0 aliphatic carbocycles. The molecule has 2 aromatic rings. The number of carboxylic acid groups (broad SMARTS) is 1. The number of anilines is 1. The summed E-state index contributed by atoms with van der Waals surface area (Å²) >= 11 is 3.27. The summed E-state index contributed by atoms with van der Waals surface area (Å²) in [6, 6.07) is 10.1. The lowest BCUT2D eigenvalue weighted by Gasteiger charge is -2.10. The molecule has 2 aromatic carbocycles. The number of carbonyl (C=O) groups is 2. The molecule has 108 valence electrons. The molecule has 0 aliphatic heterocycles. The van der Waals surface area contributed by atoms with E-state index in [1.807, 2.05) is 32.0 Å². The molecule has 5 heteroatoms. The van der Waals surface area contributed by atoms with E-state index >= 15 is 0 Å². The van der Waals surface area contributed by atoms with Crippen molar-refractivity contribution in [2.75, 3.05) is 5.32 Å². The molecule has 0 radical (unpaired) electrons. The van der Waals surface area contributed by atoms with Crippen LogP contribution >= 0.6 is 15.9 Å². The van der Waals surface area contributed by atoms with Crippen molar-refractivity contribution in [3.05, 3.63) is 63.1 Å². The zero-order chi connectivity index (χ0) is 15.6. The van der Waals surface area contributed by atoms with Gasteiger partial charge in [-0.2, -0.15) is 0 Å². The molecule has 0 saturated heterocycles. The minimum atomic E-state index is -1.01. The Kier molecular flexibility index (Phi) is 4.43. The summed E-state index contributed by atoms with van der Waals surface area (Å²) in [4.78, 5) is 23.2. The summed E-state index contributed by atoms with van der Waals surface area (Å²) in [6.45, 7) is 3.80. The van der Waals surface area contributed by atoms with Crippen LogP contribution in [-0.4, -0.2) is 17.0 Å². The SMILES string of the molecule is Cc1ccc(C)c(C(=O)Nc2ccc(C(=O)O)cc2Br)c1. The Balaban J connectivity index is 2.27. The van der Waals surface area contributed by atoms with Crippen LogP contribution in [0.1, 0.15) is 31.8 Å². The van der Waals surface area contributed by atoms with E-state index in [4.69, 9.17) is 5.11 Å². The second-order valence-electron chi connectivity index (χ2n) is 4.77. The first kappa shape index (κ1) is 15.3. The Morgan fingerprint density at radius 1 is 1.10 bits per heavy atom. The molecule has 1 amide bonds. The maximum atomic E-state index is 12.3. The molecular formula is C16H14BrNO3. The standard InChI is InChI=1S/C16H14BrNO3/c1-9-3-4-10(2)12(7-9)15(19)18-14-6-5-11(16(20)21)8-13(14)17/h3-8H,1-2H3,(H,18,19)(H,20,21). The first-order chi connectivity index (χ1) is 9.88. The molecule has 0 aromatic heterocycles. The van der Waals surface area contributed by atoms with Gasteiger partial charge in [-0.25, -0.2) is 4.79 Å². The van der Waals surface area contributed by atoms with E-state index < -0.39 is 5.97 Å². The molecule has 0 atom stereocenters. The highest BCUT2D eigenvalue weighted by Crippen LogP contribution is 2.25. The molecule has 0 saturated carbocycles. The van der Waals surface area contributed by atoms with Crippen LogP contribution in [-0.2, 0) is 0 Å². The van der Waals surface area contributed by atoms with E-state index in [2.05, 4.69) is 21.2 Å². The summed E-state index contributed by atoms with van der Waals surface area (Å²) in [7, 11) is 0. The molecule has 21 heavy (non-hydrogen) atoms. The lowest BCUT2D eigenvalue weighted by Crippen LogP contribution is -2.14. The van der Waals surface area contributed by atoms with Gasteiger partial charge >= 0.3 is 5.97 Å². The molecule has 0 fully saturated rings. The second-order valence-corrected chi connectivity index (χ2v) is 5.63. The Hall–Kier alpha value is -2.14. The summed E-state index contributed by atoms with van der Waals surface area (Å²) in [5.74, 6) is -1.23. The highest BCUT2D eigenvalue weighted by Gasteiger charge is 2.12. The van der Waals surface area contributed by atoms with Crippen molar-refractivity contribution in [3.63, 3.8) is 0 Å². The van der Waals surface area contributed by atoms with Crippen LogP contribution in [0.25, 0.3) is 0 Å². The number of rotatable bonds is 3. The van der Waals surface area contributed by atoms with Crippen LogP contribution in [0, 0.1) is 13.8 Å². The van der Waals surface area contributed by atoms with Gasteiger partial charge in [0.2, 0.25) is 0 Å². The van der Waals surface area contributed by atoms with Gasteiger partial charge in [0.25, 0.3) is 5.91 Å². The largest absolute Gasteiger partial charge is 0.478 e. The molecule has 2 rings (SSSR count). The van der Waals surface area contributed by atoms with E-state index in [1.54, 1.807) is 6.07 Å². The third-order valence-electron chi connectivity index (χ3n) is 3.10. The van der Waals surface area contributed by atoms with Crippen molar-refractivity contribution in [2.45, 2.75) is 13.8 Å². The summed E-state index contributed by atoms with van der Waals surface area (Å²) < 4.78 is 0.529. The first-order valence-electron chi connectivity index (χ1n) is 6.30. The van der Waals surface area contributed by atoms with Crippen LogP contribution < -0.4 is 5.32 Å². The Morgan fingerprint density at radius 2 is 1.81 bits per heavy atom. The highest BCUT2D eigenvalue weighted by atomic mass is 79.9. The number of carboxylic acids is 1.